The lowest BCUT2D eigenvalue weighted by atomic mass is 10.3. The van der Waals surface area contributed by atoms with Crippen molar-refractivity contribution in [2.75, 3.05) is 12.4 Å². The van der Waals surface area contributed by atoms with Crippen LogP contribution in [0.1, 0.15) is 11.7 Å². The Hall–Kier alpha value is -1.86. The molecule has 0 radical (unpaired) electrons. The highest BCUT2D eigenvalue weighted by Gasteiger charge is 2.14. The smallest absolute Gasteiger partial charge is 0.241 e. The molecule has 0 aliphatic rings. The van der Waals surface area contributed by atoms with Gasteiger partial charge >= 0.3 is 0 Å². The highest BCUT2D eigenvalue weighted by Crippen LogP contribution is 2.13. The number of rotatable bonds is 5. The molecule has 0 unspecified atom stereocenters. The van der Waals surface area contributed by atoms with E-state index in [1.54, 1.807) is 32.3 Å². The van der Waals surface area contributed by atoms with E-state index in [2.05, 4.69) is 15.0 Å². The van der Waals surface area contributed by atoms with Gasteiger partial charge in [0.2, 0.25) is 15.9 Å². The number of benzene rings is 1. The van der Waals surface area contributed by atoms with Crippen LogP contribution < -0.4 is 10.0 Å². The van der Waals surface area contributed by atoms with Crippen LogP contribution in [0.15, 0.2) is 39.8 Å². The van der Waals surface area contributed by atoms with Crippen molar-refractivity contribution < 1.29 is 12.8 Å². The highest BCUT2D eigenvalue weighted by atomic mass is 32.2. The molecule has 1 aromatic carbocycles. The van der Waals surface area contributed by atoms with Gasteiger partial charge in [0.25, 0.3) is 0 Å². The molecule has 19 heavy (non-hydrogen) atoms. The molecular formula is C12H15N3O3S. The van der Waals surface area contributed by atoms with Crippen molar-refractivity contribution in [3.63, 3.8) is 0 Å². The first-order chi connectivity index (χ1) is 9.01. The van der Waals surface area contributed by atoms with Crippen LogP contribution in [0.5, 0.6) is 0 Å². The number of nitrogens with one attached hydrogen (secondary N) is 2. The molecule has 2 aromatic rings. The van der Waals surface area contributed by atoms with E-state index in [0.717, 1.165) is 5.69 Å². The molecule has 1 heterocycles. The molecule has 6 nitrogen and oxygen atoms in total. The third-order valence-electron chi connectivity index (χ3n) is 2.54. The van der Waals surface area contributed by atoms with Crippen LogP contribution in [0.4, 0.5) is 5.69 Å². The van der Waals surface area contributed by atoms with Gasteiger partial charge in [0.15, 0.2) is 0 Å². The lowest BCUT2D eigenvalue weighted by molar-refractivity contribution is 0.463. The van der Waals surface area contributed by atoms with Crippen LogP contribution in [-0.2, 0) is 16.6 Å². The first kappa shape index (κ1) is 13.6. The minimum absolute atomic E-state index is 0.0317. The number of sulfonamides is 1. The SMILES string of the molecule is CNc1ccc(S(=O)(=O)NCc2ncc(C)o2)cc1. The molecule has 0 atom stereocenters. The predicted octanol–water partition coefficient (Wildman–Crippen LogP) is 1.50. The minimum atomic E-state index is -3.55. The summed E-state index contributed by atoms with van der Waals surface area (Å²) in [6.45, 7) is 1.78. The number of anilines is 1. The molecule has 0 bridgehead atoms. The summed E-state index contributed by atoms with van der Waals surface area (Å²) in [6.07, 6.45) is 1.55. The fourth-order valence-electron chi connectivity index (χ4n) is 1.52. The highest BCUT2D eigenvalue weighted by molar-refractivity contribution is 7.89. The zero-order valence-corrected chi connectivity index (χ0v) is 11.5. The average Bonchev–Trinajstić information content (AvgIpc) is 2.82. The average molecular weight is 281 g/mol. The summed E-state index contributed by atoms with van der Waals surface area (Å²) in [6, 6.07) is 6.47. The minimum Gasteiger partial charge on any atom is -0.445 e. The number of aryl methyl sites for hydroxylation is 1. The second kappa shape index (κ2) is 5.41. The lowest BCUT2D eigenvalue weighted by Gasteiger charge is -2.06. The summed E-state index contributed by atoms with van der Waals surface area (Å²) in [5.41, 5.74) is 0.849. The number of hydrogen-bond donors (Lipinski definition) is 2. The number of nitrogens with zero attached hydrogens (tertiary/aromatic N) is 1. The van der Waals surface area contributed by atoms with E-state index >= 15 is 0 Å². The van der Waals surface area contributed by atoms with E-state index < -0.39 is 10.0 Å². The predicted molar refractivity (Wildman–Crippen MR) is 71.3 cm³/mol. The van der Waals surface area contributed by atoms with Gasteiger partial charge in [-0.15, -0.1) is 0 Å². The van der Waals surface area contributed by atoms with Gasteiger partial charge < -0.3 is 9.73 Å². The Balaban J connectivity index is 2.09. The summed E-state index contributed by atoms with van der Waals surface area (Å²) in [5.74, 6) is 0.987. The summed E-state index contributed by atoms with van der Waals surface area (Å²) in [4.78, 5) is 4.14. The van der Waals surface area contributed by atoms with Crippen molar-refractivity contribution in [1.82, 2.24) is 9.71 Å². The zero-order valence-electron chi connectivity index (χ0n) is 10.7. The first-order valence-electron chi connectivity index (χ1n) is 5.70. The Labute approximate surface area is 111 Å². The van der Waals surface area contributed by atoms with Crippen molar-refractivity contribution in [2.45, 2.75) is 18.4 Å². The summed E-state index contributed by atoms with van der Waals surface area (Å²) < 4.78 is 31.7. The molecular weight excluding hydrogens is 266 g/mol. The van der Waals surface area contributed by atoms with Gasteiger partial charge in [-0.25, -0.2) is 18.1 Å². The van der Waals surface area contributed by atoms with Crippen molar-refractivity contribution in [2.24, 2.45) is 0 Å². The Bertz CT molecular complexity index is 647. The monoisotopic (exact) mass is 281 g/mol. The quantitative estimate of drug-likeness (QED) is 0.867. The van der Waals surface area contributed by atoms with Gasteiger partial charge in [0.05, 0.1) is 17.6 Å². The van der Waals surface area contributed by atoms with Gasteiger partial charge in [0.1, 0.15) is 5.76 Å². The maximum absolute atomic E-state index is 12.0. The third-order valence-corrected chi connectivity index (χ3v) is 3.95. The maximum Gasteiger partial charge on any atom is 0.241 e. The second-order valence-corrected chi connectivity index (χ2v) is 5.73. The van der Waals surface area contributed by atoms with Crippen molar-refractivity contribution in [3.8, 4) is 0 Å². The van der Waals surface area contributed by atoms with Crippen LogP contribution in [0, 0.1) is 6.92 Å². The Kier molecular flexibility index (Phi) is 3.87. The van der Waals surface area contributed by atoms with Gasteiger partial charge in [-0.1, -0.05) is 0 Å². The molecule has 0 fully saturated rings. The molecule has 0 saturated heterocycles. The van der Waals surface area contributed by atoms with Crippen molar-refractivity contribution in [1.29, 1.82) is 0 Å². The van der Waals surface area contributed by atoms with Gasteiger partial charge in [-0.05, 0) is 31.2 Å². The van der Waals surface area contributed by atoms with Crippen molar-refractivity contribution >= 4 is 15.7 Å². The third kappa shape index (κ3) is 3.33. The molecule has 1 aromatic heterocycles. The van der Waals surface area contributed by atoms with E-state index in [4.69, 9.17) is 4.42 Å². The maximum atomic E-state index is 12.0. The van der Waals surface area contributed by atoms with Crippen LogP contribution in [0.3, 0.4) is 0 Å². The zero-order chi connectivity index (χ0) is 13.9. The standard InChI is InChI=1S/C12H15N3O3S/c1-9-7-14-12(18-9)8-15-19(16,17)11-5-3-10(13-2)4-6-11/h3-7,13,15H,8H2,1-2H3. The number of oxazole rings is 1. The van der Waals surface area contributed by atoms with Gasteiger partial charge in [-0.3, -0.25) is 0 Å². The second-order valence-electron chi connectivity index (χ2n) is 3.96. The Morgan fingerprint density at radius 2 is 1.95 bits per heavy atom. The van der Waals surface area contributed by atoms with Crippen LogP contribution in [0.2, 0.25) is 0 Å². The fourth-order valence-corrected chi connectivity index (χ4v) is 2.50. The normalized spacial score (nSPS) is 11.5. The summed E-state index contributed by atoms with van der Waals surface area (Å²) in [5, 5.41) is 2.93. The Morgan fingerprint density at radius 1 is 1.26 bits per heavy atom. The molecule has 0 aliphatic carbocycles. The summed E-state index contributed by atoms with van der Waals surface area (Å²) >= 11 is 0. The molecule has 102 valence electrons. The van der Waals surface area contributed by atoms with Gasteiger partial charge in [0, 0.05) is 12.7 Å². The molecule has 2 N–H and O–H groups in total. The van der Waals surface area contributed by atoms with E-state index in [1.807, 2.05) is 0 Å². The molecule has 0 saturated carbocycles. The number of hydrogen-bond acceptors (Lipinski definition) is 5. The first-order valence-corrected chi connectivity index (χ1v) is 7.18. The lowest BCUT2D eigenvalue weighted by Crippen LogP contribution is -2.23. The molecule has 0 aliphatic heterocycles. The molecule has 2 rings (SSSR count). The van der Waals surface area contributed by atoms with E-state index in [1.165, 1.54) is 12.1 Å². The number of aromatic nitrogens is 1. The van der Waals surface area contributed by atoms with Crippen LogP contribution >= 0.6 is 0 Å². The van der Waals surface area contributed by atoms with E-state index in [9.17, 15) is 8.42 Å². The van der Waals surface area contributed by atoms with Crippen LogP contribution in [-0.4, -0.2) is 20.4 Å². The fraction of sp³-hybridized carbons (Fsp3) is 0.250. The molecule has 0 amide bonds. The van der Waals surface area contributed by atoms with Gasteiger partial charge in [-0.2, -0.15) is 0 Å². The Morgan fingerprint density at radius 3 is 2.47 bits per heavy atom. The topological polar surface area (TPSA) is 84.2 Å². The molecule has 0 spiro atoms. The summed E-state index contributed by atoms with van der Waals surface area (Å²) in [7, 11) is -1.78. The van der Waals surface area contributed by atoms with Crippen molar-refractivity contribution in [3.05, 3.63) is 42.1 Å². The largest absolute Gasteiger partial charge is 0.445 e. The molecule has 7 heteroatoms. The van der Waals surface area contributed by atoms with E-state index in [-0.39, 0.29) is 11.4 Å². The van der Waals surface area contributed by atoms with E-state index in [0.29, 0.717) is 11.7 Å². The van der Waals surface area contributed by atoms with Crippen LogP contribution in [0.25, 0.3) is 0 Å².